The van der Waals surface area contributed by atoms with E-state index in [1.165, 1.54) is 12.3 Å². The summed E-state index contributed by atoms with van der Waals surface area (Å²) < 4.78 is 41.9. The number of nitrogens with one attached hydrogen (secondary N) is 1. The summed E-state index contributed by atoms with van der Waals surface area (Å²) in [5, 5.41) is 0.284. The molecule has 9 heteroatoms. The molecule has 0 amide bonds. The molecule has 0 radical (unpaired) electrons. The molecule has 0 aliphatic carbocycles. The van der Waals surface area contributed by atoms with E-state index in [2.05, 4.69) is 15.0 Å². The van der Waals surface area contributed by atoms with E-state index in [-0.39, 0.29) is 22.0 Å². The van der Waals surface area contributed by atoms with Crippen molar-refractivity contribution in [2.24, 2.45) is 0 Å². The summed E-state index contributed by atoms with van der Waals surface area (Å²) in [7, 11) is 0. The Morgan fingerprint density at radius 3 is 2.64 bits per heavy atom. The van der Waals surface area contributed by atoms with Crippen LogP contribution in [0.3, 0.4) is 0 Å². The van der Waals surface area contributed by atoms with Gasteiger partial charge >= 0.3 is 11.9 Å². The van der Waals surface area contributed by atoms with Gasteiger partial charge in [-0.3, -0.25) is 15.0 Å². The molecule has 114 valence electrons. The number of halogens is 4. The van der Waals surface area contributed by atoms with Gasteiger partial charge in [0, 0.05) is 11.8 Å². The molecule has 2 aromatic heterocycles. The third-order valence-electron chi connectivity index (χ3n) is 2.89. The molecule has 0 saturated carbocycles. The molecule has 1 aromatic carbocycles. The van der Waals surface area contributed by atoms with Crippen LogP contribution in [-0.2, 0) is 6.42 Å². The van der Waals surface area contributed by atoms with Crippen LogP contribution in [0.15, 0.2) is 33.7 Å². The van der Waals surface area contributed by atoms with Gasteiger partial charge in [-0.05, 0) is 12.1 Å². The van der Waals surface area contributed by atoms with Crippen molar-refractivity contribution in [1.82, 2.24) is 15.0 Å². The Kier molecular flexibility index (Phi) is 3.40. The molecule has 5 nitrogen and oxygen atoms in total. The Balaban J connectivity index is 2.05. The van der Waals surface area contributed by atoms with E-state index in [0.29, 0.717) is 11.1 Å². The highest BCUT2D eigenvalue weighted by atomic mass is 35.5. The minimum Gasteiger partial charge on any atom is -0.407 e. The number of aromatic amines is 1. The van der Waals surface area contributed by atoms with E-state index in [9.17, 15) is 18.0 Å². The Labute approximate surface area is 125 Å². The first-order chi connectivity index (χ1) is 10.3. The second-order valence-corrected chi connectivity index (χ2v) is 4.91. The molecule has 2 heterocycles. The quantitative estimate of drug-likeness (QED) is 0.782. The first-order valence-corrected chi connectivity index (χ1v) is 6.41. The molecule has 0 aliphatic heterocycles. The molecule has 0 aliphatic rings. The van der Waals surface area contributed by atoms with Crippen LogP contribution in [0.1, 0.15) is 5.69 Å². The Hall–Kier alpha value is -2.35. The molecule has 0 unspecified atom stereocenters. The van der Waals surface area contributed by atoms with E-state index in [0.717, 1.165) is 6.20 Å². The molecule has 3 rings (SSSR count). The molecule has 0 bridgehead atoms. The molecule has 3 aromatic rings. The fraction of sp³-hybridized carbons (Fsp3) is 0.154. The van der Waals surface area contributed by atoms with Gasteiger partial charge in [-0.2, -0.15) is 13.2 Å². The van der Waals surface area contributed by atoms with Crippen molar-refractivity contribution in [2.75, 3.05) is 0 Å². The number of aromatic nitrogens is 3. The van der Waals surface area contributed by atoms with Crippen LogP contribution in [0, 0.1) is 0 Å². The minimum absolute atomic E-state index is 0.176. The Morgan fingerprint density at radius 1 is 1.23 bits per heavy atom. The molecule has 0 atom stereocenters. The third-order valence-corrected chi connectivity index (χ3v) is 3.21. The van der Waals surface area contributed by atoms with Gasteiger partial charge in [0.25, 0.3) is 0 Å². The Bertz CT molecular complexity index is 884. The van der Waals surface area contributed by atoms with Gasteiger partial charge in [0.05, 0.1) is 29.0 Å². The maximum atomic E-state index is 12.3. The lowest BCUT2D eigenvalue weighted by atomic mass is 10.1. The number of hydrogen-bond acceptors (Lipinski definition) is 4. The summed E-state index contributed by atoms with van der Waals surface area (Å²) in [6, 6.07) is 3.07. The molecule has 1 N–H and O–H groups in total. The number of fused-ring (bicyclic) bond motifs is 1. The summed E-state index contributed by atoms with van der Waals surface area (Å²) in [5.74, 6) is -0.689. The summed E-state index contributed by atoms with van der Waals surface area (Å²) in [6.45, 7) is 0. The van der Waals surface area contributed by atoms with Gasteiger partial charge in [-0.15, -0.1) is 0 Å². The van der Waals surface area contributed by atoms with Crippen molar-refractivity contribution in [3.63, 3.8) is 0 Å². The van der Waals surface area contributed by atoms with Crippen LogP contribution >= 0.6 is 11.6 Å². The molecule has 0 fully saturated rings. The number of oxazole rings is 1. The van der Waals surface area contributed by atoms with E-state index < -0.39 is 18.4 Å². The highest BCUT2D eigenvalue weighted by Crippen LogP contribution is 2.30. The molecular formula is C13H7ClF3N3O2. The topological polar surface area (TPSA) is 71.8 Å². The summed E-state index contributed by atoms with van der Waals surface area (Å²) in [5.41, 5.74) is 0.955. The monoisotopic (exact) mass is 329 g/mol. The molecule has 0 saturated heterocycles. The molecular weight excluding hydrogens is 323 g/mol. The van der Waals surface area contributed by atoms with Crippen LogP contribution < -0.4 is 5.76 Å². The predicted molar refractivity (Wildman–Crippen MR) is 72.6 cm³/mol. The highest BCUT2D eigenvalue weighted by Gasteiger charge is 2.28. The van der Waals surface area contributed by atoms with Crippen molar-refractivity contribution >= 4 is 22.7 Å². The number of H-pyrrole nitrogens is 1. The van der Waals surface area contributed by atoms with Crippen molar-refractivity contribution in [3.8, 4) is 11.3 Å². The molecule has 0 spiro atoms. The predicted octanol–water partition coefficient (Wildman–Crippen LogP) is 3.34. The summed E-state index contributed by atoms with van der Waals surface area (Å²) in [4.78, 5) is 21.4. The molecule has 22 heavy (non-hydrogen) atoms. The van der Waals surface area contributed by atoms with Crippen LogP contribution in [0.4, 0.5) is 13.2 Å². The zero-order valence-electron chi connectivity index (χ0n) is 10.7. The number of nitrogens with zero attached hydrogens (tertiary/aromatic N) is 2. The summed E-state index contributed by atoms with van der Waals surface area (Å²) >= 11 is 5.94. The lowest BCUT2D eigenvalue weighted by molar-refractivity contribution is -0.127. The number of rotatable bonds is 2. The largest absolute Gasteiger partial charge is 0.417 e. The van der Waals surface area contributed by atoms with Gasteiger partial charge in [-0.1, -0.05) is 11.6 Å². The first kappa shape index (κ1) is 14.6. The number of hydrogen-bond donors (Lipinski definition) is 1. The van der Waals surface area contributed by atoms with Gasteiger partial charge in [0.15, 0.2) is 5.58 Å². The lowest BCUT2D eigenvalue weighted by Crippen LogP contribution is -2.12. The van der Waals surface area contributed by atoms with Crippen molar-refractivity contribution in [2.45, 2.75) is 12.6 Å². The lowest BCUT2D eigenvalue weighted by Gasteiger charge is -2.06. The summed E-state index contributed by atoms with van der Waals surface area (Å²) in [6.07, 6.45) is -3.28. The standard InChI is InChI=1S/C13H7ClF3N3O2/c14-8-2-1-7(11-10(8)20-12(21)22-11)9-5-18-6(4-19-9)3-13(15,16)17/h1-2,4-5H,3H2,(H,20,21). The van der Waals surface area contributed by atoms with Gasteiger partial charge < -0.3 is 4.42 Å². The maximum absolute atomic E-state index is 12.3. The van der Waals surface area contributed by atoms with Crippen LogP contribution in [0.5, 0.6) is 0 Å². The van der Waals surface area contributed by atoms with E-state index in [4.69, 9.17) is 16.0 Å². The van der Waals surface area contributed by atoms with Crippen LogP contribution in [0.25, 0.3) is 22.4 Å². The van der Waals surface area contributed by atoms with Gasteiger partial charge in [0.2, 0.25) is 0 Å². The average molecular weight is 330 g/mol. The SMILES string of the molecule is O=c1[nH]c2c(Cl)ccc(-c3cnc(CC(F)(F)F)cn3)c2o1. The van der Waals surface area contributed by atoms with E-state index in [1.54, 1.807) is 6.07 Å². The minimum atomic E-state index is -4.35. The first-order valence-electron chi connectivity index (χ1n) is 6.03. The van der Waals surface area contributed by atoms with Crippen molar-refractivity contribution in [3.05, 3.63) is 45.8 Å². The van der Waals surface area contributed by atoms with Gasteiger partial charge in [0.1, 0.15) is 5.52 Å². The second-order valence-electron chi connectivity index (χ2n) is 4.50. The Morgan fingerprint density at radius 2 is 2.00 bits per heavy atom. The van der Waals surface area contributed by atoms with E-state index in [1.807, 2.05) is 0 Å². The van der Waals surface area contributed by atoms with E-state index >= 15 is 0 Å². The smallest absolute Gasteiger partial charge is 0.407 e. The fourth-order valence-corrected chi connectivity index (χ4v) is 2.19. The van der Waals surface area contributed by atoms with Gasteiger partial charge in [-0.25, -0.2) is 4.79 Å². The van der Waals surface area contributed by atoms with Crippen molar-refractivity contribution in [1.29, 1.82) is 0 Å². The fourth-order valence-electron chi connectivity index (χ4n) is 1.99. The zero-order valence-corrected chi connectivity index (χ0v) is 11.5. The average Bonchev–Trinajstić information content (AvgIpc) is 2.81. The number of alkyl halides is 3. The third kappa shape index (κ3) is 2.82. The second kappa shape index (κ2) is 5.13. The maximum Gasteiger partial charge on any atom is 0.417 e. The highest BCUT2D eigenvalue weighted by molar-refractivity contribution is 6.35. The van der Waals surface area contributed by atoms with Crippen molar-refractivity contribution < 1.29 is 17.6 Å². The zero-order chi connectivity index (χ0) is 15.9. The van der Waals surface area contributed by atoms with Crippen LogP contribution in [0.2, 0.25) is 5.02 Å². The normalized spacial score (nSPS) is 12.0. The van der Waals surface area contributed by atoms with Crippen LogP contribution in [-0.4, -0.2) is 21.1 Å². The number of benzene rings is 1.